The zero-order valence-corrected chi connectivity index (χ0v) is 15.6. The normalized spacial score (nSPS) is 11.7. The number of hydrogen-bond acceptors (Lipinski definition) is 2. The third-order valence-electron chi connectivity index (χ3n) is 4.37. The van der Waals surface area contributed by atoms with Gasteiger partial charge in [0.05, 0.1) is 11.4 Å². The Hall–Kier alpha value is -2.88. The molecule has 0 spiro atoms. The number of benzene rings is 2. The smallest absolute Gasteiger partial charge is 0.123 e. The molecule has 134 valence electrons. The van der Waals surface area contributed by atoms with Crippen LogP contribution >= 0.6 is 0 Å². The van der Waals surface area contributed by atoms with Crippen LogP contribution in [0.4, 0.5) is 4.39 Å². The average Bonchev–Trinajstić information content (AvgIpc) is 2.97. The van der Waals surface area contributed by atoms with Gasteiger partial charge in [-0.2, -0.15) is 0 Å². The van der Waals surface area contributed by atoms with Crippen molar-refractivity contribution in [3.05, 3.63) is 77.2 Å². The van der Waals surface area contributed by atoms with E-state index in [1.165, 1.54) is 17.7 Å². The molecule has 2 aromatic carbocycles. The molecule has 0 bridgehead atoms. The second-order valence-corrected chi connectivity index (χ2v) is 6.30. The Bertz CT molecular complexity index is 939. The van der Waals surface area contributed by atoms with Crippen LogP contribution in [-0.2, 0) is 4.84 Å². The first-order valence-corrected chi connectivity index (χ1v) is 8.73. The van der Waals surface area contributed by atoms with E-state index in [0.29, 0.717) is 6.61 Å². The number of hydrogen-bond donors (Lipinski definition) is 0. The maximum Gasteiger partial charge on any atom is 0.123 e. The first-order chi connectivity index (χ1) is 12.5. The molecule has 0 fully saturated rings. The van der Waals surface area contributed by atoms with Crippen molar-refractivity contribution in [1.82, 2.24) is 4.57 Å². The predicted molar refractivity (Wildman–Crippen MR) is 104 cm³/mol. The molecule has 1 aromatic heterocycles. The molecule has 0 saturated heterocycles. The third-order valence-corrected chi connectivity index (χ3v) is 4.37. The van der Waals surface area contributed by atoms with Crippen molar-refractivity contribution in [2.45, 2.75) is 27.7 Å². The predicted octanol–water partition coefficient (Wildman–Crippen LogP) is 5.66. The van der Waals surface area contributed by atoms with Crippen LogP contribution in [0, 0.1) is 19.7 Å². The van der Waals surface area contributed by atoms with Crippen LogP contribution in [0.5, 0.6) is 0 Å². The van der Waals surface area contributed by atoms with E-state index in [1.54, 1.807) is 12.1 Å². The van der Waals surface area contributed by atoms with Gasteiger partial charge in [-0.15, -0.1) is 0 Å². The molecular formula is C22H23FN2O. The SMILES string of the molecule is CCON=C(C)c1cc(-c2ccc(F)cc2)n(-c2cccc(C)c2)c1C. The van der Waals surface area contributed by atoms with Crippen LogP contribution in [0.1, 0.15) is 30.7 Å². The van der Waals surface area contributed by atoms with Gasteiger partial charge in [0.15, 0.2) is 0 Å². The zero-order chi connectivity index (χ0) is 18.7. The molecular weight excluding hydrogens is 327 g/mol. The Morgan fingerprint density at radius 1 is 1.08 bits per heavy atom. The zero-order valence-electron chi connectivity index (χ0n) is 15.6. The molecule has 0 aliphatic carbocycles. The molecule has 1 heterocycles. The van der Waals surface area contributed by atoms with E-state index in [2.05, 4.69) is 47.8 Å². The van der Waals surface area contributed by atoms with Crippen LogP contribution < -0.4 is 0 Å². The maximum atomic E-state index is 13.4. The van der Waals surface area contributed by atoms with Crippen molar-refractivity contribution < 1.29 is 9.23 Å². The van der Waals surface area contributed by atoms with E-state index in [0.717, 1.165) is 33.9 Å². The molecule has 0 aliphatic rings. The highest BCUT2D eigenvalue weighted by Gasteiger charge is 2.17. The lowest BCUT2D eigenvalue weighted by molar-refractivity contribution is 0.159. The van der Waals surface area contributed by atoms with Gasteiger partial charge < -0.3 is 9.40 Å². The summed E-state index contributed by atoms with van der Waals surface area (Å²) in [5.74, 6) is -0.242. The molecule has 0 saturated carbocycles. The molecule has 0 N–H and O–H groups in total. The number of aryl methyl sites for hydroxylation is 1. The van der Waals surface area contributed by atoms with Crippen LogP contribution in [0.15, 0.2) is 59.8 Å². The minimum Gasteiger partial charge on any atom is -0.396 e. The quantitative estimate of drug-likeness (QED) is 0.431. The summed E-state index contributed by atoms with van der Waals surface area (Å²) >= 11 is 0. The summed E-state index contributed by atoms with van der Waals surface area (Å²) < 4.78 is 15.6. The monoisotopic (exact) mass is 350 g/mol. The van der Waals surface area contributed by atoms with Crippen molar-refractivity contribution in [2.24, 2.45) is 5.16 Å². The minimum atomic E-state index is -0.242. The summed E-state index contributed by atoms with van der Waals surface area (Å²) in [7, 11) is 0. The van der Waals surface area contributed by atoms with Crippen molar-refractivity contribution in [2.75, 3.05) is 6.61 Å². The summed E-state index contributed by atoms with van der Waals surface area (Å²) in [6.45, 7) is 8.51. The van der Waals surface area contributed by atoms with Gasteiger partial charge in [0.2, 0.25) is 0 Å². The number of rotatable bonds is 5. The highest BCUT2D eigenvalue weighted by molar-refractivity contribution is 6.01. The van der Waals surface area contributed by atoms with E-state index in [9.17, 15) is 4.39 Å². The van der Waals surface area contributed by atoms with Crippen LogP contribution in [0.3, 0.4) is 0 Å². The molecule has 0 radical (unpaired) electrons. The van der Waals surface area contributed by atoms with Crippen molar-refractivity contribution in [3.8, 4) is 16.9 Å². The van der Waals surface area contributed by atoms with Gasteiger partial charge in [-0.1, -0.05) is 17.3 Å². The molecule has 0 aliphatic heterocycles. The van der Waals surface area contributed by atoms with E-state index in [-0.39, 0.29) is 5.82 Å². The summed E-state index contributed by atoms with van der Waals surface area (Å²) in [5, 5.41) is 4.19. The molecule has 3 nitrogen and oxygen atoms in total. The second kappa shape index (κ2) is 7.56. The molecule has 0 atom stereocenters. The van der Waals surface area contributed by atoms with Crippen LogP contribution in [0.25, 0.3) is 16.9 Å². The highest BCUT2D eigenvalue weighted by Crippen LogP contribution is 2.30. The van der Waals surface area contributed by atoms with Crippen LogP contribution in [-0.4, -0.2) is 16.9 Å². The average molecular weight is 350 g/mol. The topological polar surface area (TPSA) is 26.5 Å². The number of aromatic nitrogens is 1. The molecule has 0 unspecified atom stereocenters. The highest BCUT2D eigenvalue weighted by atomic mass is 19.1. The van der Waals surface area contributed by atoms with Gasteiger partial charge in [0.1, 0.15) is 12.4 Å². The van der Waals surface area contributed by atoms with Crippen LogP contribution in [0.2, 0.25) is 0 Å². The van der Waals surface area contributed by atoms with Crippen molar-refractivity contribution in [1.29, 1.82) is 0 Å². The lowest BCUT2D eigenvalue weighted by Crippen LogP contribution is -2.02. The Labute approximate surface area is 153 Å². The van der Waals surface area contributed by atoms with Gasteiger partial charge in [0, 0.05) is 16.9 Å². The van der Waals surface area contributed by atoms with Gasteiger partial charge in [-0.25, -0.2) is 4.39 Å². The Balaban J connectivity index is 2.22. The minimum absolute atomic E-state index is 0.242. The fourth-order valence-corrected chi connectivity index (χ4v) is 3.12. The van der Waals surface area contributed by atoms with Crippen molar-refractivity contribution in [3.63, 3.8) is 0 Å². The maximum absolute atomic E-state index is 13.4. The van der Waals surface area contributed by atoms with Gasteiger partial charge >= 0.3 is 0 Å². The van der Waals surface area contributed by atoms with Crippen molar-refractivity contribution >= 4 is 5.71 Å². The fraction of sp³-hybridized carbons (Fsp3) is 0.227. The Morgan fingerprint density at radius 2 is 1.81 bits per heavy atom. The molecule has 0 amide bonds. The van der Waals surface area contributed by atoms with E-state index in [1.807, 2.05) is 19.9 Å². The standard InChI is InChI=1S/C22H23FN2O/c1-5-26-24-16(3)21-14-22(18-9-11-19(23)12-10-18)25(17(21)4)20-8-6-7-15(2)13-20/h6-14H,5H2,1-4H3. The Morgan fingerprint density at radius 3 is 2.46 bits per heavy atom. The number of nitrogens with zero attached hydrogens (tertiary/aromatic N) is 2. The van der Waals surface area contributed by atoms with E-state index in [4.69, 9.17) is 4.84 Å². The summed E-state index contributed by atoms with van der Waals surface area (Å²) in [6, 6.07) is 17.0. The lowest BCUT2D eigenvalue weighted by atomic mass is 10.1. The largest absolute Gasteiger partial charge is 0.396 e. The third kappa shape index (κ3) is 3.54. The molecule has 26 heavy (non-hydrogen) atoms. The second-order valence-electron chi connectivity index (χ2n) is 6.30. The Kier molecular flexibility index (Phi) is 5.21. The number of oxime groups is 1. The molecule has 4 heteroatoms. The summed E-state index contributed by atoms with van der Waals surface area (Å²) in [6.07, 6.45) is 0. The summed E-state index contributed by atoms with van der Waals surface area (Å²) in [4.78, 5) is 5.23. The lowest BCUT2D eigenvalue weighted by Gasteiger charge is -2.13. The summed E-state index contributed by atoms with van der Waals surface area (Å²) in [5.41, 5.74) is 7.09. The number of halogens is 1. The molecule has 3 rings (SSSR count). The van der Waals surface area contributed by atoms with Gasteiger partial charge in [-0.3, -0.25) is 0 Å². The molecule has 3 aromatic rings. The fourth-order valence-electron chi connectivity index (χ4n) is 3.12. The van der Waals surface area contributed by atoms with E-state index >= 15 is 0 Å². The van der Waals surface area contributed by atoms with E-state index < -0.39 is 0 Å². The first kappa shape index (κ1) is 17.9. The first-order valence-electron chi connectivity index (χ1n) is 8.73. The van der Waals surface area contributed by atoms with Gasteiger partial charge in [0.25, 0.3) is 0 Å². The van der Waals surface area contributed by atoms with Gasteiger partial charge in [-0.05, 0) is 81.3 Å².